The predicted octanol–water partition coefficient (Wildman–Crippen LogP) is 4.37. The molecule has 1 saturated heterocycles. The second-order valence-corrected chi connectivity index (χ2v) is 9.79. The topological polar surface area (TPSA) is 51.4 Å². The Bertz CT molecular complexity index is 938. The number of morpholine rings is 1. The molecule has 1 saturated carbocycles. The zero-order valence-corrected chi connectivity index (χ0v) is 18.8. The number of fused-ring (bicyclic) bond motifs is 1. The molecule has 1 aromatic heterocycles. The van der Waals surface area contributed by atoms with E-state index in [0.717, 1.165) is 67.3 Å². The molecule has 2 aliphatic heterocycles. The van der Waals surface area contributed by atoms with Crippen LogP contribution in [0.5, 0.6) is 0 Å². The van der Waals surface area contributed by atoms with Gasteiger partial charge in [-0.3, -0.25) is 14.4 Å². The Morgan fingerprint density at radius 2 is 1.97 bits per heavy atom. The molecule has 31 heavy (non-hydrogen) atoms. The van der Waals surface area contributed by atoms with Gasteiger partial charge in [-0.2, -0.15) is 0 Å². The van der Waals surface area contributed by atoms with Crippen molar-refractivity contribution in [3.05, 3.63) is 65.1 Å². The number of pyridine rings is 1. The smallest absolute Gasteiger partial charge is 0.146 e. The molecule has 2 atom stereocenters. The van der Waals surface area contributed by atoms with Gasteiger partial charge in [0.05, 0.1) is 35.4 Å². The van der Waals surface area contributed by atoms with Crippen molar-refractivity contribution in [3.63, 3.8) is 0 Å². The highest BCUT2D eigenvalue weighted by Crippen LogP contribution is 2.44. The second-order valence-electron chi connectivity index (χ2n) is 9.38. The van der Waals surface area contributed by atoms with E-state index in [0.29, 0.717) is 0 Å². The number of hydrogen-bond donors (Lipinski definition) is 1. The number of aromatic nitrogens is 1. The van der Waals surface area contributed by atoms with E-state index in [9.17, 15) is 0 Å². The Balaban J connectivity index is 1.56. The average molecular weight is 440 g/mol. The maximum Gasteiger partial charge on any atom is 0.146 e. The van der Waals surface area contributed by atoms with Crippen LogP contribution in [0, 0.1) is 0 Å². The molecule has 0 amide bonds. The van der Waals surface area contributed by atoms with Gasteiger partial charge in [-0.25, -0.2) is 0 Å². The highest BCUT2D eigenvalue weighted by molar-refractivity contribution is 6.32. The van der Waals surface area contributed by atoms with E-state index in [2.05, 4.69) is 40.4 Å². The standard InChI is InChI=1S/C25H32ClN4O/c26-22-6-3-7-24-21(22)8-14-30(24,19-25(27)9-1-2-10-25)18-23(20-5-4-11-28-17-20)29-12-15-31-16-13-29/h3-8,11,14,17,23H,1-2,9-10,12-13,15-16,18-19,27H2/q+1. The molecule has 1 aliphatic carbocycles. The van der Waals surface area contributed by atoms with Crippen molar-refractivity contribution in [2.75, 3.05) is 39.4 Å². The molecule has 6 heteroatoms. The summed E-state index contributed by atoms with van der Waals surface area (Å²) < 4.78 is 6.40. The Morgan fingerprint density at radius 3 is 2.71 bits per heavy atom. The third kappa shape index (κ3) is 4.18. The van der Waals surface area contributed by atoms with Gasteiger partial charge in [-0.15, -0.1) is 0 Å². The second kappa shape index (κ2) is 8.64. The number of ether oxygens (including phenoxy) is 1. The van der Waals surface area contributed by atoms with E-state index < -0.39 is 0 Å². The number of nitrogens with zero attached hydrogens (tertiary/aromatic N) is 3. The van der Waals surface area contributed by atoms with Crippen LogP contribution in [-0.4, -0.2) is 54.8 Å². The summed E-state index contributed by atoms with van der Waals surface area (Å²) in [7, 11) is 0. The highest BCUT2D eigenvalue weighted by atomic mass is 35.5. The van der Waals surface area contributed by atoms with Crippen molar-refractivity contribution in [2.45, 2.75) is 37.3 Å². The van der Waals surface area contributed by atoms with Crippen molar-refractivity contribution >= 4 is 23.4 Å². The van der Waals surface area contributed by atoms with Crippen LogP contribution >= 0.6 is 11.6 Å². The lowest BCUT2D eigenvalue weighted by molar-refractivity contribution is 0.0101. The quantitative estimate of drug-likeness (QED) is 0.679. The van der Waals surface area contributed by atoms with Crippen molar-refractivity contribution in [2.24, 2.45) is 5.73 Å². The largest absolute Gasteiger partial charge is 0.379 e. The van der Waals surface area contributed by atoms with Gasteiger partial charge in [0.15, 0.2) is 0 Å². The Labute approximate surface area is 190 Å². The summed E-state index contributed by atoms with van der Waals surface area (Å²) >= 11 is 6.62. The van der Waals surface area contributed by atoms with Crippen molar-refractivity contribution in [1.29, 1.82) is 0 Å². The summed E-state index contributed by atoms with van der Waals surface area (Å²) in [5.41, 5.74) is 10.5. The van der Waals surface area contributed by atoms with Crippen LogP contribution in [0.4, 0.5) is 5.69 Å². The van der Waals surface area contributed by atoms with E-state index >= 15 is 0 Å². The normalized spacial score (nSPS) is 26.1. The van der Waals surface area contributed by atoms with Gasteiger partial charge in [-0.1, -0.05) is 36.6 Å². The molecule has 5 nitrogen and oxygen atoms in total. The van der Waals surface area contributed by atoms with Crippen LogP contribution in [0.25, 0.3) is 6.08 Å². The molecule has 2 N–H and O–H groups in total. The predicted molar refractivity (Wildman–Crippen MR) is 127 cm³/mol. The molecular formula is C25H32ClN4O+. The van der Waals surface area contributed by atoms with Gasteiger partial charge < -0.3 is 10.5 Å². The van der Waals surface area contributed by atoms with Crippen LogP contribution < -0.4 is 10.2 Å². The maximum absolute atomic E-state index is 6.98. The number of quaternary nitrogens is 1. The minimum Gasteiger partial charge on any atom is -0.379 e. The van der Waals surface area contributed by atoms with Crippen molar-refractivity contribution in [3.8, 4) is 0 Å². The van der Waals surface area contributed by atoms with Crippen LogP contribution in [0.2, 0.25) is 5.02 Å². The van der Waals surface area contributed by atoms with Gasteiger partial charge in [0, 0.05) is 37.6 Å². The van der Waals surface area contributed by atoms with Gasteiger partial charge >= 0.3 is 0 Å². The first-order chi connectivity index (χ1) is 15.1. The summed E-state index contributed by atoms with van der Waals surface area (Å²) in [6, 6.07) is 10.8. The number of halogens is 1. The molecule has 2 aromatic rings. The first-order valence-electron chi connectivity index (χ1n) is 11.4. The van der Waals surface area contributed by atoms with Gasteiger partial charge in [-0.05, 0) is 30.5 Å². The molecule has 0 bridgehead atoms. The fourth-order valence-electron chi connectivity index (χ4n) is 5.74. The number of rotatable bonds is 6. The number of hydrogen-bond acceptors (Lipinski definition) is 4. The summed E-state index contributed by atoms with van der Waals surface area (Å²) in [6.45, 7) is 5.22. The minimum absolute atomic E-state index is 0.140. The maximum atomic E-state index is 6.98. The fourth-order valence-corrected chi connectivity index (χ4v) is 5.97. The lowest BCUT2D eigenvalue weighted by Crippen LogP contribution is -2.59. The molecule has 0 radical (unpaired) electrons. The molecule has 2 fully saturated rings. The van der Waals surface area contributed by atoms with Crippen molar-refractivity contribution < 1.29 is 4.74 Å². The molecule has 164 valence electrons. The Kier molecular flexibility index (Phi) is 5.88. The molecule has 3 aliphatic rings. The fraction of sp³-hybridized carbons (Fsp3) is 0.480. The minimum atomic E-state index is -0.140. The number of nitrogens with two attached hydrogens (primary N) is 1. The first kappa shape index (κ1) is 21.1. The number of benzene rings is 1. The average Bonchev–Trinajstić information content (AvgIpc) is 3.38. The van der Waals surface area contributed by atoms with Gasteiger partial charge in [0.1, 0.15) is 25.0 Å². The van der Waals surface area contributed by atoms with Crippen LogP contribution in [0.3, 0.4) is 0 Å². The van der Waals surface area contributed by atoms with E-state index in [-0.39, 0.29) is 11.6 Å². The lowest BCUT2D eigenvalue weighted by Gasteiger charge is -2.44. The summed E-state index contributed by atoms with van der Waals surface area (Å²) in [6.07, 6.45) is 13.0. The third-order valence-electron chi connectivity index (χ3n) is 7.29. The van der Waals surface area contributed by atoms with E-state index in [1.807, 2.05) is 24.5 Å². The Morgan fingerprint density at radius 1 is 1.16 bits per heavy atom. The molecule has 2 unspecified atom stereocenters. The van der Waals surface area contributed by atoms with Crippen LogP contribution in [0.1, 0.15) is 42.9 Å². The Hall–Kier alpha value is -1.76. The van der Waals surface area contributed by atoms with Gasteiger partial charge in [0.2, 0.25) is 0 Å². The van der Waals surface area contributed by atoms with Crippen LogP contribution in [0.15, 0.2) is 48.9 Å². The third-order valence-corrected chi connectivity index (χ3v) is 7.62. The highest BCUT2D eigenvalue weighted by Gasteiger charge is 2.46. The SMILES string of the molecule is NC1(C[N+]2(CC(c3cccnc3)N3CCOCC3)C=Cc3c(Cl)cccc32)CCCC1. The first-order valence-corrected chi connectivity index (χ1v) is 11.8. The monoisotopic (exact) mass is 439 g/mol. The van der Waals surface area contributed by atoms with Crippen molar-refractivity contribution in [1.82, 2.24) is 14.4 Å². The lowest BCUT2D eigenvalue weighted by atomic mass is 9.95. The van der Waals surface area contributed by atoms with E-state index in [4.69, 9.17) is 22.1 Å². The summed E-state index contributed by atoms with van der Waals surface area (Å²) in [5, 5.41) is 0.815. The van der Waals surface area contributed by atoms with E-state index in [1.165, 1.54) is 24.1 Å². The molecule has 0 spiro atoms. The zero-order valence-electron chi connectivity index (χ0n) is 18.0. The molecule has 5 rings (SSSR count). The summed E-state index contributed by atoms with van der Waals surface area (Å²) in [5.74, 6) is 0. The van der Waals surface area contributed by atoms with Crippen LogP contribution in [-0.2, 0) is 4.74 Å². The zero-order chi connectivity index (χ0) is 21.3. The molecule has 1 aromatic carbocycles. The van der Waals surface area contributed by atoms with E-state index in [1.54, 1.807) is 0 Å². The molecule has 3 heterocycles. The van der Waals surface area contributed by atoms with Gasteiger partial charge in [0.25, 0.3) is 0 Å². The molecular weight excluding hydrogens is 408 g/mol. The summed E-state index contributed by atoms with van der Waals surface area (Å²) in [4.78, 5) is 6.99.